The Morgan fingerprint density at radius 2 is 1.93 bits per heavy atom. The van der Waals surface area contributed by atoms with Crippen LogP contribution in [0.25, 0.3) is 0 Å². The quantitative estimate of drug-likeness (QED) is 0.656. The molecule has 1 atom stereocenters. The minimum atomic E-state index is -0.605. The summed E-state index contributed by atoms with van der Waals surface area (Å²) in [5, 5.41) is 0.334. The van der Waals surface area contributed by atoms with Crippen LogP contribution in [-0.4, -0.2) is 60.2 Å². The zero-order chi connectivity index (χ0) is 22.4. The molecule has 2 amide bonds. The van der Waals surface area contributed by atoms with E-state index in [0.29, 0.717) is 29.2 Å². The SMILES string of the molecule is CC.Cc1cc(Cl)c(C)c(F)c1OCC1CN(C(=O)OC(C)(C)C)CCN1C=O. The molecule has 1 fully saturated rings. The number of amides is 2. The molecule has 1 heterocycles. The first-order valence-electron chi connectivity index (χ1n) is 9.80. The molecular weight excluding hydrogens is 399 g/mol. The molecule has 1 saturated heterocycles. The summed E-state index contributed by atoms with van der Waals surface area (Å²) in [6.45, 7) is 13.7. The molecule has 8 heteroatoms. The number of halogens is 2. The molecule has 2 rings (SSSR count). The zero-order valence-corrected chi connectivity index (χ0v) is 19.1. The second-order valence-electron chi connectivity index (χ2n) is 7.68. The summed E-state index contributed by atoms with van der Waals surface area (Å²) in [5.41, 5.74) is 0.274. The molecule has 0 aromatic heterocycles. The van der Waals surface area contributed by atoms with E-state index in [4.69, 9.17) is 21.1 Å². The van der Waals surface area contributed by atoms with Crippen molar-refractivity contribution in [3.05, 3.63) is 28.0 Å². The highest BCUT2D eigenvalue weighted by Gasteiger charge is 2.32. The first-order chi connectivity index (χ1) is 13.5. The maximum atomic E-state index is 14.5. The van der Waals surface area contributed by atoms with E-state index in [0.717, 1.165) is 6.41 Å². The van der Waals surface area contributed by atoms with Gasteiger partial charge in [0.25, 0.3) is 0 Å². The molecule has 1 aliphatic rings. The predicted octanol–water partition coefficient (Wildman–Crippen LogP) is 4.58. The fourth-order valence-electron chi connectivity index (χ4n) is 2.82. The van der Waals surface area contributed by atoms with Crippen LogP contribution in [0, 0.1) is 19.7 Å². The van der Waals surface area contributed by atoms with Crippen molar-refractivity contribution >= 4 is 24.1 Å². The van der Waals surface area contributed by atoms with Gasteiger partial charge in [-0.1, -0.05) is 25.4 Å². The molecular formula is C21H32ClFN2O4. The van der Waals surface area contributed by atoms with Gasteiger partial charge in [0.15, 0.2) is 11.6 Å². The van der Waals surface area contributed by atoms with Crippen LogP contribution in [0.1, 0.15) is 45.7 Å². The molecule has 0 saturated carbocycles. The van der Waals surface area contributed by atoms with Crippen LogP contribution in [-0.2, 0) is 9.53 Å². The third-order valence-corrected chi connectivity index (χ3v) is 4.72. The van der Waals surface area contributed by atoms with Gasteiger partial charge in [-0.15, -0.1) is 0 Å². The van der Waals surface area contributed by atoms with Crippen LogP contribution in [0.4, 0.5) is 9.18 Å². The number of hydrogen-bond acceptors (Lipinski definition) is 4. The number of aryl methyl sites for hydroxylation is 1. The van der Waals surface area contributed by atoms with Gasteiger partial charge in [0, 0.05) is 30.2 Å². The highest BCUT2D eigenvalue weighted by atomic mass is 35.5. The second kappa shape index (κ2) is 10.7. The maximum Gasteiger partial charge on any atom is 0.410 e. The third kappa shape index (κ3) is 6.77. The Balaban J connectivity index is 0.00000204. The molecule has 1 aromatic carbocycles. The van der Waals surface area contributed by atoms with Crippen molar-refractivity contribution in [1.82, 2.24) is 9.80 Å². The molecule has 0 N–H and O–H groups in total. The van der Waals surface area contributed by atoms with Crippen LogP contribution >= 0.6 is 11.6 Å². The van der Waals surface area contributed by atoms with E-state index in [1.165, 1.54) is 4.90 Å². The molecule has 0 aliphatic carbocycles. The number of carbonyl (C=O) groups is 2. The monoisotopic (exact) mass is 430 g/mol. The average molecular weight is 431 g/mol. The number of rotatable bonds is 4. The molecule has 6 nitrogen and oxygen atoms in total. The number of piperazine rings is 1. The van der Waals surface area contributed by atoms with Gasteiger partial charge < -0.3 is 19.3 Å². The molecule has 0 radical (unpaired) electrons. The number of benzene rings is 1. The van der Waals surface area contributed by atoms with E-state index in [1.807, 2.05) is 13.8 Å². The maximum absolute atomic E-state index is 14.5. The van der Waals surface area contributed by atoms with Gasteiger partial charge in [-0.2, -0.15) is 0 Å². The van der Waals surface area contributed by atoms with Crippen molar-refractivity contribution < 1.29 is 23.5 Å². The lowest BCUT2D eigenvalue weighted by atomic mass is 10.1. The molecule has 29 heavy (non-hydrogen) atoms. The van der Waals surface area contributed by atoms with Crippen molar-refractivity contribution in [2.45, 2.75) is 60.1 Å². The topological polar surface area (TPSA) is 59.1 Å². The fraction of sp³-hybridized carbons (Fsp3) is 0.619. The smallest absolute Gasteiger partial charge is 0.410 e. The van der Waals surface area contributed by atoms with Gasteiger partial charge in [-0.3, -0.25) is 4.79 Å². The van der Waals surface area contributed by atoms with Crippen molar-refractivity contribution in [3.63, 3.8) is 0 Å². The van der Waals surface area contributed by atoms with Crippen LogP contribution in [0.2, 0.25) is 5.02 Å². The lowest BCUT2D eigenvalue weighted by Crippen LogP contribution is -2.56. The van der Waals surface area contributed by atoms with Crippen molar-refractivity contribution in [2.24, 2.45) is 0 Å². The van der Waals surface area contributed by atoms with E-state index >= 15 is 0 Å². The van der Waals surface area contributed by atoms with Crippen LogP contribution in [0.5, 0.6) is 5.75 Å². The zero-order valence-electron chi connectivity index (χ0n) is 18.3. The summed E-state index contributed by atoms with van der Waals surface area (Å²) >= 11 is 5.98. The second-order valence-corrected chi connectivity index (χ2v) is 8.09. The molecule has 1 aliphatic heterocycles. The summed E-state index contributed by atoms with van der Waals surface area (Å²) < 4.78 is 25.6. The van der Waals surface area contributed by atoms with Gasteiger partial charge in [-0.25, -0.2) is 9.18 Å². The normalized spacial score (nSPS) is 16.7. The summed E-state index contributed by atoms with van der Waals surface area (Å²) in [5.74, 6) is -0.408. The minimum Gasteiger partial charge on any atom is -0.488 e. The summed E-state index contributed by atoms with van der Waals surface area (Å²) in [7, 11) is 0. The fourth-order valence-corrected chi connectivity index (χ4v) is 3.06. The van der Waals surface area contributed by atoms with Gasteiger partial charge in [0.1, 0.15) is 12.2 Å². The first kappa shape index (κ1) is 25.0. The molecule has 164 valence electrons. The Hall–Kier alpha value is -2.02. The van der Waals surface area contributed by atoms with Crippen LogP contribution < -0.4 is 4.74 Å². The number of nitrogens with zero attached hydrogens (tertiary/aromatic N) is 2. The lowest BCUT2D eigenvalue weighted by Gasteiger charge is -2.39. The van der Waals surface area contributed by atoms with E-state index < -0.39 is 23.6 Å². The Morgan fingerprint density at radius 1 is 1.31 bits per heavy atom. The molecule has 1 unspecified atom stereocenters. The Morgan fingerprint density at radius 3 is 2.48 bits per heavy atom. The first-order valence-corrected chi connectivity index (χ1v) is 10.2. The van der Waals surface area contributed by atoms with Gasteiger partial charge in [0.05, 0.1) is 6.04 Å². The van der Waals surface area contributed by atoms with Crippen molar-refractivity contribution in [2.75, 3.05) is 26.2 Å². The van der Waals surface area contributed by atoms with Crippen LogP contribution in [0.3, 0.4) is 0 Å². The van der Waals surface area contributed by atoms with Gasteiger partial charge in [-0.05, 0) is 46.2 Å². The average Bonchev–Trinajstić information content (AvgIpc) is 2.66. The van der Waals surface area contributed by atoms with E-state index in [-0.39, 0.29) is 18.9 Å². The highest BCUT2D eigenvalue weighted by Crippen LogP contribution is 2.31. The van der Waals surface area contributed by atoms with E-state index in [1.54, 1.807) is 45.6 Å². The van der Waals surface area contributed by atoms with E-state index in [2.05, 4.69) is 0 Å². The number of ether oxygens (including phenoxy) is 2. The summed E-state index contributed by atoms with van der Waals surface area (Å²) in [6, 6.07) is 1.24. The van der Waals surface area contributed by atoms with E-state index in [9.17, 15) is 14.0 Å². The largest absolute Gasteiger partial charge is 0.488 e. The minimum absolute atomic E-state index is 0.0525. The van der Waals surface area contributed by atoms with Gasteiger partial charge >= 0.3 is 6.09 Å². The van der Waals surface area contributed by atoms with Crippen LogP contribution in [0.15, 0.2) is 6.07 Å². The number of hydrogen-bond donors (Lipinski definition) is 0. The predicted molar refractivity (Wildman–Crippen MR) is 112 cm³/mol. The summed E-state index contributed by atoms with van der Waals surface area (Å²) in [4.78, 5) is 26.8. The Labute approximate surface area is 177 Å². The van der Waals surface area contributed by atoms with Crippen molar-refractivity contribution in [1.29, 1.82) is 0 Å². The Bertz CT molecular complexity index is 722. The highest BCUT2D eigenvalue weighted by molar-refractivity contribution is 6.31. The van der Waals surface area contributed by atoms with Crippen molar-refractivity contribution in [3.8, 4) is 5.75 Å². The van der Waals surface area contributed by atoms with Gasteiger partial charge in [0.2, 0.25) is 6.41 Å². The number of carbonyl (C=O) groups excluding carboxylic acids is 2. The standard InChI is InChI=1S/C19H26ClFN2O4.C2H6/c1-12-8-15(20)13(2)16(21)17(12)26-10-14-9-22(6-7-23(14)11-24)18(25)27-19(3,4)5;1-2/h8,11,14H,6-7,9-10H2,1-5H3;1-2H3. The lowest BCUT2D eigenvalue weighted by molar-refractivity contribution is -0.123. The molecule has 1 aromatic rings. The third-order valence-electron chi connectivity index (χ3n) is 4.32. The Kier molecular flexibility index (Phi) is 9.20. The summed E-state index contributed by atoms with van der Waals surface area (Å²) in [6.07, 6.45) is 0.277. The molecule has 0 bridgehead atoms. The molecule has 0 spiro atoms.